The van der Waals surface area contributed by atoms with Gasteiger partial charge in [-0.15, -0.1) is 0 Å². The van der Waals surface area contributed by atoms with Gasteiger partial charge in [-0.1, -0.05) is 0 Å². The molecule has 1 aliphatic rings. The van der Waals surface area contributed by atoms with E-state index >= 15 is 0 Å². The number of sulfone groups is 1. The standard InChI is InChI=1S/C17H12FNO5S/c18-10-1-3-11(4-2-10)25(21,22)16-9-19-13-8-15-14(23-5-6-24-15)7-12(13)17(16)20/h1-4,7-9H,5-6H2,(H,19,20). The number of halogens is 1. The van der Waals surface area contributed by atoms with Crippen LogP contribution in [0.2, 0.25) is 0 Å². The van der Waals surface area contributed by atoms with Gasteiger partial charge in [0.15, 0.2) is 11.5 Å². The summed E-state index contributed by atoms with van der Waals surface area (Å²) in [5, 5.41) is 0.174. The minimum absolute atomic E-state index is 0.156. The van der Waals surface area contributed by atoms with Crippen molar-refractivity contribution in [3.05, 3.63) is 58.6 Å². The number of hydrogen-bond donors (Lipinski definition) is 1. The van der Waals surface area contributed by atoms with Gasteiger partial charge in [-0.25, -0.2) is 12.8 Å². The number of aromatic nitrogens is 1. The van der Waals surface area contributed by atoms with Crippen LogP contribution in [0.4, 0.5) is 4.39 Å². The molecular weight excluding hydrogens is 349 g/mol. The zero-order valence-electron chi connectivity index (χ0n) is 12.8. The van der Waals surface area contributed by atoms with Crippen molar-refractivity contribution in [2.45, 2.75) is 9.79 Å². The Morgan fingerprint density at radius 3 is 2.32 bits per heavy atom. The third-order valence-electron chi connectivity index (χ3n) is 3.92. The summed E-state index contributed by atoms with van der Waals surface area (Å²) < 4.78 is 49.3. The first-order chi connectivity index (χ1) is 12.0. The average molecular weight is 361 g/mol. The van der Waals surface area contributed by atoms with Crippen LogP contribution in [0.25, 0.3) is 10.9 Å². The molecule has 0 amide bonds. The molecule has 0 saturated carbocycles. The van der Waals surface area contributed by atoms with Crippen molar-refractivity contribution in [2.75, 3.05) is 13.2 Å². The van der Waals surface area contributed by atoms with E-state index in [-0.39, 0.29) is 10.3 Å². The Bertz CT molecular complexity index is 1140. The molecule has 8 heteroatoms. The largest absolute Gasteiger partial charge is 0.486 e. The second-order valence-corrected chi connectivity index (χ2v) is 7.40. The molecule has 4 rings (SSSR count). The van der Waals surface area contributed by atoms with Crippen molar-refractivity contribution in [1.82, 2.24) is 4.98 Å². The van der Waals surface area contributed by atoms with E-state index in [1.165, 1.54) is 6.07 Å². The first kappa shape index (κ1) is 15.6. The average Bonchev–Trinajstić information content (AvgIpc) is 2.61. The number of H-pyrrole nitrogens is 1. The molecule has 25 heavy (non-hydrogen) atoms. The van der Waals surface area contributed by atoms with E-state index in [1.54, 1.807) is 6.07 Å². The van der Waals surface area contributed by atoms with E-state index in [1.807, 2.05) is 0 Å². The molecule has 0 spiro atoms. The molecule has 0 radical (unpaired) electrons. The number of aromatic amines is 1. The van der Waals surface area contributed by atoms with Crippen molar-refractivity contribution in [3.8, 4) is 11.5 Å². The highest BCUT2D eigenvalue weighted by Crippen LogP contribution is 2.33. The molecule has 1 aliphatic heterocycles. The minimum Gasteiger partial charge on any atom is -0.486 e. The molecule has 0 atom stereocenters. The van der Waals surface area contributed by atoms with Gasteiger partial charge in [0.05, 0.1) is 15.8 Å². The molecule has 0 bridgehead atoms. The van der Waals surface area contributed by atoms with Crippen LogP contribution in [0.15, 0.2) is 57.2 Å². The van der Waals surface area contributed by atoms with Gasteiger partial charge in [0.2, 0.25) is 15.3 Å². The number of ether oxygens (including phenoxy) is 2. The summed E-state index contributed by atoms with van der Waals surface area (Å²) in [5.41, 5.74) is -0.220. The fourth-order valence-corrected chi connectivity index (χ4v) is 3.99. The van der Waals surface area contributed by atoms with Crippen LogP contribution in [0.3, 0.4) is 0 Å². The Hall–Kier alpha value is -2.87. The van der Waals surface area contributed by atoms with E-state index < -0.39 is 26.0 Å². The summed E-state index contributed by atoms with van der Waals surface area (Å²) in [6, 6.07) is 7.37. The van der Waals surface area contributed by atoms with Crippen LogP contribution in [0.5, 0.6) is 11.5 Å². The highest BCUT2D eigenvalue weighted by Gasteiger charge is 2.24. The number of nitrogens with one attached hydrogen (secondary N) is 1. The summed E-state index contributed by atoms with van der Waals surface area (Å²) in [6.45, 7) is 0.754. The molecule has 0 aliphatic carbocycles. The summed E-state index contributed by atoms with van der Waals surface area (Å²) in [4.78, 5) is 15.0. The Kier molecular flexibility index (Phi) is 3.50. The lowest BCUT2D eigenvalue weighted by atomic mass is 10.2. The van der Waals surface area contributed by atoms with E-state index in [0.29, 0.717) is 30.2 Å². The van der Waals surface area contributed by atoms with Gasteiger partial charge in [-0.05, 0) is 30.3 Å². The number of hydrogen-bond acceptors (Lipinski definition) is 5. The third-order valence-corrected chi connectivity index (χ3v) is 5.70. The van der Waals surface area contributed by atoms with Gasteiger partial charge in [-0.3, -0.25) is 4.79 Å². The monoisotopic (exact) mass is 361 g/mol. The fourth-order valence-electron chi connectivity index (χ4n) is 2.68. The molecule has 0 saturated heterocycles. The third kappa shape index (κ3) is 2.54. The second kappa shape index (κ2) is 5.59. The molecule has 0 fully saturated rings. The number of pyridine rings is 1. The smallest absolute Gasteiger partial charge is 0.211 e. The van der Waals surface area contributed by atoms with Crippen LogP contribution < -0.4 is 14.9 Å². The van der Waals surface area contributed by atoms with Gasteiger partial charge < -0.3 is 14.5 Å². The lowest BCUT2D eigenvalue weighted by molar-refractivity contribution is 0.172. The van der Waals surface area contributed by atoms with E-state index in [4.69, 9.17) is 9.47 Å². The van der Waals surface area contributed by atoms with Crippen molar-refractivity contribution < 1.29 is 22.3 Å². The van der Waals surface area contributed by atoms with Crippen molar-refractivity contribution in [1.29, 1.82) is 0 Å². The molecule has 1 N–H and O–H groups in total. The van der Waals surface area contributed by atoms with Gasteiger partial charge in [0, 0.05) is 12.3 Å². The zero-order chi connectivity index (χ0) is 17.6. The van der Waals surface area contributed by atoms with Crippen molar-refractivity contribution in [3.63, 3.8) is 0 Å². The topological polar surface area (TPSA) is 85.5 Å². The Balaban J connectivity index is 1.92. The summed E-state index contributed by atoms with van der Waals surface area (Å²) in [6.07, 6.45) is 1.14. The number of benzene rings is 2. The number of rotatable bonds is 2. The number of fused-ring (bicyclic) bond motifs is 2. The van der Waals surface area contributed by atoms with E-state index in [2.05, 4.69) is 4.98 Å². The van der Waals surface area contributed by atoms with E-state index in [0.717, 1.165) is 30.5 Å². The van der Waals surface area contributed by atoms with E-state index in [9.17, 15) is 17.6 Å². The highest BCUT2D eigenvalue weighted by atomic mass is 32.2. The predicted molar refractivity (Wildman–Crippen MR) is 87.4 cm³/mol. The molecule has 2 heterocycles. The van der Waals surface area contributed by atoms with Crippen molar-refractivity contribution in [2.24, 2.45) is 0 Å². The fraction of sp³-hybridized carbons (Fsp3) is 0.118. The highest BCUT2D eigenvalue weighted by molar-refractivity contribution is 7.91. The second-order valence-electron chi connectivity index (χ2n) is 5.48. The summed E-state index contributed by atoms with van der Waals surface area (Å²) >= 11 is 0. The van der Waals surface area contributed by atoms with Gasteiger partial charge in [0.25, 0.3) is 0 Å². The quantitative estimate of drug-likeness (QED) is 0.708. The molecule has 3 aromatic rings. The molecule has 0 unspecified atom stereocenters. The molecule has 1 aromatic heterocycles. The zero-order valence-corrected chi connectivity index (χ0v) is 13.6. The first-order valence-electron chi connectivity index (χ1n) is 7.42. The van der Waals surface area contributed by atoms with Gasteiger partial charge in [0.1, 0.15) is 23.9 Å². The van der Waals surface area contributed by atoms with Crippen LogP contribution in [-0.4, -0.2) is 26.6 Å². The normalized spacial score (nSPS) is 13.8. The Morgan fingerprint density at radius 1 is 1.00 bits per heavy atom. The Labute approximate surface area is 141 Å². The first-order valence-corrected chi connectivity index (χ1v) is 8.91. The van der Waals surface area contributed by atoms with Crippen LogP contribution >= 0.6 is 0 Å². The maximum Gasteiger partial charge on any atom is 0.211 e. The molecule has 128 valence electrons. The van der Waals surface area contributed by atoms with Crippen LogP contribution in [-0.2, 0) is 9.84 Å². The lowest BCUT2D eigenvalue weighted by Crippen LogP contribution is -2.18. The Morgan fingerprint density at radius 2 is 1.64 bits per heavy atom. The SMILES string of the molecule is O=c1c(S(=O)(=O)c2ccc(F)cc2)c[nH]c2cc3c(cc12)OCCO3. The maximum absolute atomic E-state index is 13.0. The van der Waals surface area contributed by atoms with Crippen LogP contribution in [0.1, 0.15) is 0 Å². The minimum atomic E-state index is -4.08. The maximum atomic E-state index is 13.0. The van der Waals surface area contributed by atoms with Crippen molar-refractivity contribution >= 4 is 20.7 Å². The molecular formula is C17H12FNO5S. The molecule has 6 nitrogen and oxygen atoms in total. The van der Waals surface area contributed by atoms with Crippen LogP contribution in [0, 0.1) is 5.82 Å². The van der Waals surface area contributed by atoms with Gasteiger partial charge in [-0.2, -0.15) is 0 Å². The van der Waals surface area contributed by atoms with Gasteiger partial charge >= 0.3 is 0 Å². The summed E-state index contributed by atoms with van der Waals surface area (Å²) in [5.74, 6) is 0.319. The predicted octanol–water partition coefficient (Wildman–Crippen LogP) is 2.27. The molecule has 2 aromatic carbocycles. The lowest BCUT2D eigenvalue weighted by Gasteiger charge is -2.18. The summed E-state index contributed by atoms with van der Waals surface area (Å²) in [7, 11) is -4.08.